The maximum absolute atomic E-state index is 12.2. The number of sulfonamides is 1. The van der Waals surface area contributed by atoms with Crippen LogP contribution < -0.4 is 0 Å². The summed E-state index contributed by atoms with van der Waals surface area (Å²) in [4.78, 5) is 0.0336. The second kappa shape index (κ2) is 6.64. The van der Waals surface area contributed by atoms with Gasteiger partial charge in [-0.3, -0.25) is 4.68 Å². The molecule has 0 fully saturated rings. The van der Waals surface area contributed by atoms with Crippen molar-refractivity contribution in [2.75, 3.05) is 26.3 Å². The van der Waals surface area contributed by atoms with Gasteiger partial charge in [0.25, 0.3) is 0 Å². The van der Waals surface area contributed by atoms with Crippen molar-refractivity contribution in [2.24, 2.45) is 0 Å². The van der Waals surface area contributed by atoms with Crippen LogP contribution in [0.4, 0.5) is 0 Å². The number of hydrogen-bond donors (Lipinski definition) is 2. The van der Waals surface area contributed by atoms with Crippen LogP contribution >= 0.6 is 0 Å². The van der Waals surface area contributed by atoms with Crippen LogP contribution in [-0.2, 0) is 16.6 Å². The molecule has 1 aromatic heterocycles. The number of rotatable bonds is 8. The van der Waals surface area contributed by atoms with Crippen molar-refractivity contribution in [3.63, 3.8) is 0 Å². The first-order chi connectivity index (χ1) is 8.56. The van der Waals surface area contributed by atoms with Crippen molar-refractivity contribution in [1.29, 1.82) is 0 Å². The van der Waals surface area contributed by atoms with E-state index < -0.39 is 10.0 Å². The number of hydrogen-bond acceptors (Lipinski definition) is 5. The van der Waals surface area contributed by atoms with Crippen LogP contribution in [0.25, 0.3) is 0 Å². The molecular weight excluding hydrogens is 258 g/mol. The average molecular weight is 275 g/mol. The van der Waals surface area contributed by atoms with E-state index in [9.17, 15) is 8.42 Å². The van der Waals surface area contributed by atoms with Crippen molar-refractivity contribution in [1.82, 2.24) is 14.1 Å². The van der Waals surface area contributed by atoms with Crippen molar-refractivity contribution >= 4 is 10.0 Å². The van der Waals surface area contributed by atoms with Gasteiger partial charge in [-0.25, -0.2) is 8.42 Å². The predicted octanol–water partition coefficient (Wildman–Crippen LogP) is -0.956. The zero-order valence-corrected chi connectivity index (χ0v) is 10.8. The first kappa shape index (κ1) is 14.8. The fourth-order valence-electron chi connectivity index (χ4n) is 1.42. The molecule has 1 heterocycles. The van der Waals surface area contributed by atoms with Gasteiger partial charge in [0.1, 0.15) is 4.90 Å². The van der Waals surface area contributed by atoms with Gasteiger partial charge < -0.3 is 10.2 Å². The van der Waals surface area contributed by atoms with Crippen molar-refractivity contribution in [2.45, 2.75) is 11.4 Å². The number of aromatic nitrogens is 2. The molecule has 0 atom stereocenters. The molecular formula is C10H17N3O4S. The van der Waals surface area contributed by atoms with E-state index >= 15 is 0 Å². The molecule has 102 valence electrons. The maximum atomic E-state index is 12.2. The molecule has 0 aliphatic rings. The maximum Gasteiger partial charge on any atom is 0.246 e. The van der Waals surface area contributed by atoms with Crippen LogP contribution in [0.5, 0.6) is 0 Å². The molecule has 18 heavy (non-hydrogen) atoms. The molecule has 0 aliphatic heterocycles. The first-order valence-electron chi connectivity index (χ1n) is 5.41. The second-order valence-electron chi connectivity index (χ2n) is 3.54. The molecule has 0 saturated heterocycles. The Morgan fingerprint density at radius 3 is 2.72 bits per heavy atom. The zero-order valence-electron chi connectivity index (χ0n) is 9.94. The Morgan fingerprint density at radius 1 is 1.44 bits per heavy atom. The third-order valence-electron chi connectivity index (χ3n) is 2.26. The normalized spacial score (nSPS) is 11.9. The highest BCUT2D eigenvalue weighted by atomic mass is 32.2. The predicted molar refractivity (Wildman–Crippen MR) is 65.4 cm³/mol. The molecule has 0 aliphatic carbocycles. The van der Waals surface area contributed by atoms with E-state index in [1.807, 2.05) is 0 Å². The molecule has 7 nitrogen and oxygen atoms in total. The molecule has 8 heteroatoms. The Morgan fingerprint density at radius 2 is 2.17 bits per heavy atom. The highest BCUT2D eigenvalue weighted by molar-refractivity contribution is 7.89. The Kier molecular flexibility index (Phi) is 5.48. The monoisotopic (exact) mass is 275 g/mol. The van der Waals surface area contributed by atoms with E-state index in [1.54, 1.807) is 0 Å². The van der Waals surface area contributed by atoms with Gasteiger partial charge in [0.15, 0.2) is 0 Å². The van der Waals surface area contributed by atoms with Gasteiger partial charge in [0.05, 0.1) is 26.0 Å². The summed E-state index contributed by atoms with van der Waals surface area (Å²) in [6.07, 6.45) is 4.02. The van der Waals surface area contributed by atoms with Gasteiger partial charge >= 0.3 is 0 Å². The lowest BCUT2D eigenvalue weighted by Crippen LogP contribution is -2.33. The summed E-state index contributed by atoms with van der Waals surface area (Å²) in [5.74, 6) is 0. The van der Waals surface area contributed by atoms with E-state index in [4.69, 9.17) is 10.2 Å². The fraction of sp³-hybridized carbons (Fsp3) is 0.500. The summed E-state index contributed by atoms with van der Waals surface area (Å²) in [6, 6.07) is 0. The summed E-state index contributed by atoms with van der Waals surface area (Å²) in [5.41, 5.74) is 0. The molecule has 2 N–H and O–H groups in total. The SMILES string of the molecule is C=CCN(CCO)S(=O)(=O)c1cnn(CCO)c1. The molecule has 0 amide bonds. The van der Waals surface area contributed by atoms with E-state index in [0.29, 0.717) is 0 Å². The Balaban J connectivity index is 2.97. The van der Waals surface area contributed by atoms with E-state index in [2.05, 4.69) is 11.7 Å². The van der Waals surface area contributed by atoms with E-state index in [1.165, 1.54) is 23.2 Å². The summed E-state index contributed by atoms with van der Waals surface area (Å²) >= 11 is 0. The Hall–Kier alpha value is -1.22. The summed E-state index contributed by atoms with van der Waals surface area (Å²) in [7, 11) is -3.69. The topological polar surface area (TPSA) is 95.7 Å². The highest BCUT2D eigenvalue weighted by Crippen LogP contribution is 2.14. The summed E-state index contributed by atoms with van der Waals surface area (Å²) < 4.78 is 26.8. The van der Waals surface area contributed by atoms with Gasteiger partial charge in [-0.15, -0.1) is 6.58 Å². The lowest BCUT2D eigenvalue weighted by Gasteiger charge is -2.18. The van der Waals surface area contributed by atoms with Crippen LogP contribution in [0.15, 0.2) is 29.9 Å². The van der Waals surface area contributed by atoms with Gasteiger partial charge in [-0.05, 0) is 0 Å². The third-order valence-corrected chi connectivity index (χ3v) is 4.08. The average Bonchev–Trinajstić information content (AvgIpc) is 2.78. The Bertz CT molecular complexity index is 483. The largest absolute Gasteiger partial charge is 0.395 e. The highest BCUT2D eigenvalue weighted by Gasteiger charge is 2.24. The van der Waals surface area contributed by atoms with Crippen LogP contribution in [0.3, 0.4) is 0 Å². The molecule has 0 unspecified atom stereocenters. The van der Waals surface area contributed by atoms with Crippen molar-refractivity contribution < 1.29 is 18.6 Å². The van der Waals surface area contributed by atoms with E-state index in [-0.39, 0.29) is 37.7 Å². The van der Waals surface area contributed by atoms with Crippen molar-refractivity contribution in [3.8, 4) is 0 Å². The smallest absolute Gasteiger partial charge is 0.246 e. The fourth-order valence-corrected chi connectivity index (χ4v) is 2.77. The summed E-state index contributed by atoms with van der Waals surface area (Å²) in [5, 5.41) is 21.4. The molecule has 1 rings (SSSR count). The van der Waals surface area contributed by atoms with Crippen molar-refractivity contribution in [3.05, 3.63) is 25.0 Å². The number of aliphatic hydroxyl groups excluding tert-OH is 2. The molecule has 1 aromatic rings. The first-order valence-corrected chi connectivity index (χ1v) is 6.85. The number of aliphatic hydroxyl groups is 2. The van der Waals surface area contributed by atoms with Gasteiger partial charge in [0, 0.05) is 19.3 Å². The van der Waals surface area contributed by atoms with E-state index in [0.717, 1.165) is 4.31 Å². The van der Waals surface area contributed by atoms with Gasteiger partial charge in [0.2, 0.25) is 10.0 Å². The standard InChI is InChI=1S/C10H17N3O4S/c1-2-3-13(5-7-15)18(16,17)10-8-11-12(9-10)4-6-14/h2,8-9,14-15H,1,3-7H2. The van der Waals surface area contributed by atoms with Crippen LogP contribution in [0.1, 0.15) is 0 Å². The van der Waals surface area contributed by atoms with Gasteiger partial charge in [-0.1, -0.05) is 6.08 Å². The second-order valence-corrected chi connectivity index (χ2v) is 5.48. The minimum Gasteiger partial charge on any atom is -0.395 e. The zero-order chi connectivity index (χ0) is 13.6. The molecule has 0 radical (unpaired) electrons. The number of nitrogens with zero attached hydrogens (tertiary/aromatic N) is 3. The van der Waals surface area contributed by atoms with Crippen LogP contribution in [-0.4, -0.2) is 59.0 Å². The quantitative estimate of drug-likeness (QED) is 0.596. The van der Waals surface area contributed by atoms with Gasteiger partial charge in [-0.2, -0.15) is 9.40 Å². The van der Waals surface area contributed by atoms with Crippen LogP contribution in [0, 0.1) is 0 Å². The minimum absolute atomic E-state index is 0.000463. The lowest BCUT2D eigenvalue weighted by molar-refractivity contribution is 0.260. The summed E-state index contributed by atoms with van der Waals surface area (Å²) in [6.45, 7) is 3.45. The Labute approximate surface area is 106 Å². The molecule has 0 bridgehead atoms. The molecule has 0 saturated carbocycles. The van der Waals surface area contributed by atoms with Crippen LogP contribution in [0.2, 0.25) is 0 Å². The minimum atomic E-state index is -3.69. The molecule has 0 spiro atoms. The lowest BCUT2D eigenvalue weighted by atomic mass is 10.6. The molecule has 0 aromatic carbocycles. The third kappa shape index (κ3) is 3.39.